The van der Waals surface area contributed by atoms with Crippen LogP contribution < -0.4 is 5.32 Å². The van der Waals surface area contributed by atoms with Gasteiger partial charge in [-0.2, -0.15) is 0 Å². The minimum Gasteiger partial charge on any atom is -0.311 e. The monoisotopic (exact) mass is 260 g/mol. The van der Waals surface area contributed by atoms with E-state index in [1.807, 2.05) is 0 Å². The van der Waals surface area contributed by atoms with Crippen molar-refractivity contribution in [1.29, 1.82) is 0 Å². The van der Waals surface area contributed by atoms with E-state index in [9.17, 15) is 0 Å². The molecular formula is C17H28N2. The molecule has 1 aliphatic heterocycles. The highest BCUT2D eigenvalue weighted by Gasteiger charge is 2.28. The fourth-order valence-corrected chi connectivity index (χ4v) is 2.67. The summed E-state index contributed by atoms with van der Waals surface area (Å²) in [6.07, 6.45) is 1.13. The molecule has 1 atom stereocenters. The van der Waals surface area contributed by atoms with Crippen molar-refractivity contribution >= 4 is 0 Å². The van der Waals surface area contributed by atoms with Crippen LogP contribution >= 0.6 is 0 Å². The lowest BCUT2D eigenvalue weighted by atomic mass is 9.85. The highest BCUT2D eigenvalue weighted by molar-refractivity contribution is 5.22. The Balaban J connectivity index is 1.94. The molecule has 1 fully saturated rings. The van der Waals surface area contributed by atoms with Crippen LogP contribution in [0.4, 0.5) is 0 Å². The van der Waals surface area contributed by atoms with Crippen LogP contribution in [0.25, 0.3) is 0 Å². The Morgan fingerprint density at radius 3 is 2.37 bits per heavy atom. The summed E-state index contributed by atoms with van der Waals surface area (Å²) in [7, 11) is 0. The average Bonchev–Trinajstić information content (AvgIpc) is 2.39. The van der Waals surface area contributed by atoms with E-state index in [1.165, 1.54) is 11.1 Å². The van der Waals surface area contributed by atoms with Crippen LogP contribution in [0, 0.1) is 5.41 Å². The van der Waals surface area contributed by atoms with Crippen molar-refractivity contribution in [3.05, 3.63) is 35.4 Å². The summed E-state index contributed by atoms with van der Waals surface area (Å²) in [5, 5.41) is 3.65. The lowest BCUT2D eigenvalue weighted by molar-refractivity contribution is 0.129. The van der Waals surface area contributed by atoms with E-state index >= 15 is 0 Å². The predicted molar refractivity (Wildman–Crippen MR) is 82.3 cm³/mol. The molecular weight excluding hydrogens is 232 g/mol. The molecule has 19 heavy (non-hydrogen) atoms. The highest BCUT2D eigenvalue weighted by Crippen LogP contribution is 2.22. The van der Waals surface area contributed by atoms with Gasteiger partial charge < -0.3 is 5.32 Å². The van der Waals surface area contributed by atoms with Crippen LogP contribution in [0.1, 0.15) is 38.8 Å². The number of hydrogen-bond acceptors (Lipinski definition) is 2. The molecule has 0 radical (unpaired) electrons. The Kier molecular flexibility index (Phi) is 4.64. The predicted octanol–water partition coefficient (Wildman–Crippen LogP) is 3.07. The molecule has 1 unspecified atom stereocenters. The molecule has 1 saturated heterocycles. The van der Waals surface area contributed by atoms with Crippen LogP contribution in [-0.2, 0) is 13.0 Å². The second-order valence-electron chi connectivity index (χ2n) is 6.78. The normalized spacial score (nSPS) is 21.6. The van der Waals surface area contributed by atoms with E-state index < -0.39 is 0 Å². The number of nitrogens with one attached hydrogen (secondary N) is 1. The minimum atomic E-state index is 0.338. The van der Waals surface area contributed by atoms with Gasteiger partial charge in [-0.25, -0.2) is 0 Å². The Morgan fingerprint density at radius 2 is 1.79 bits per heavy atom. The summed E-state index contributed by atoms with van der Waals surface area (Å²) in [5.41, 5.74) is 3.20. The average molecular weight is 260 g/mol. The zero-order valence-corrected chi connectivity index (χ0v) is 12.9. The van der Waals surface area contributed by atoms with E-state index in [2.05, 4.69) is 62.2 Å². The number of benzene rings is 1. The van der Waals surface area contributed by atoms with Crippen LogP contribution in [0.2, 0.25) is 0 Å². The Labute approximate surface area is 118 Å². The third kappa shape index (κ3) is 4.05. The van der Waals surface area contributed by atoms with Gasteiger partial charge >= 0.3 is 0 Å². The number of piperazine rings is 1. The molecule has 0 aliphatic carbocycles. The van der Waals surface area contributed by atoms with Gasteiger partial charge in [0.25, 0.3) is 0 Å². The minimum absolute atomic E-state index is 0.338. The number of rotatable bonds is 3. The summed E-state index contributed by atoms with van der Waals surface area (Å²) in [6, 6.07) is 9.69. The van der Waals surface area contributed by atoms with Crippen molar-refractivity contribution in [2.24, 2.45) is 5.41 Å². The van der Waals surface area contributed by atoms with Gasteiger partial charge in [0.1, 0.15) is 0 Å². The van der Waals surface area contributed by atoms with Gasteiger partial charge in [-0.1, -0.05) is 52.0 Å². The Hall–Kier alpha value is -0.860. The topological polar surface area (TPSA) is 15.3 Å². The van der Waals surface area contributed by atoms with Crippen LogP contribution in [0.3, 0.4) is 0 Å². The van der Waals surface area contributed by atoms with Crippen LogP contribution in [-0.4, -0.2) is 30.6 Å². The molecule has 2 rings (SSSR count). The third-order valence-electron chi connectivity index (χ3n) is 4.14. The molecule has 1 aromatic rings. The van der Waals surface area contributed by atoms with Gasteiger partial charge in [0, 0.05) is 32.2 Å². The first-order valence-corrected chi connectivity index (χ1v) is 7.52. The van der Waals surface area contributed by atoms with E-state index in [-0.39, 0.29) is 0 Å². The molecule has 1 aliphatic rings. The van der Waals surface area contributed by atoms with E-state index in [1.54, 1.807) is 0 Å². The molecule has 2 nitrogen and oxygen atoms in total. The first-order valence-electron chi connectivity index (χ1n) is 7.52. The lowest BCUT2D eigenvalue weighted by Gasteiger charge is -2.40. The second-order valence-corrected chi connectivity index (χ2v) is 6.78. The fraction of sp³-hybridized carbons (Fsp3) is 0.647. The molecule has 1 heterocycles. The third-order valence-corrected chi connectivity index (χ3v) is 4.14. The molecule has 0 spiro atoms. The molecule has 0 saturated carbocycles. The van der Waals surface area contributed by atoms with Gasteiger partial charge in [0.05, 0.1) is 0 Å². The largest absolute Gasteiger partial charge is 0.311 e. The maximum atomic E-state index is 3.65. The zero-order valence-electron chi connectivity index (χ0n) is 12.9. The zero-order chi connectivity index (χ0) is 13.9. The van der Waals surface area contributed by atoms with Gasteiger partial charge in [-0.05, 0) is 23.0 Å². The van der Waals surface area contributed by atoms with Gasteiger partial charge in [0.2, 0.25) is 0 Å². The summed E-state index contributed by atoms with van der Waals surface area (Å²) in [6.45, 7) is 13.7. The number of nitrogens with zero attached hydrogens (tertiary/aromatic N) is 1. The molecule has 0 aromatic heterocycles. The van der Waals surface area contributed by atoms with Gasteiger partial charge in [-0.3, -0.25) is 4.90 Å². The SMILES string of the molecule is CCc1ccc(CN2CCNC(C(C)(C)C)C2)cc1. The quantitative estimate of drug-likeness (QED) is 0.898. The fourth-order valence-electron chi connectivity index (χ4n) is 2.67. The van der Waals surface area contributed by atoms with Crippen molar-refractivity contribution in [2.75, 3.05) is 19.6 Å². The Morgan fingerprint density at radius 1 is 1.16 bits per heavy atom. The maximum Gasteiger partial charge on any atom is 0.0244 e. The smallest absolute Gasteiger partial charge is 0.0244 e. The van der Waals surface area contributed by atoms with Crippen LogP contribution in [0.5, 0.6) is 0 Å². The van der Waals surface area contributed by atoms with Gasteiger partial charge in [0.15, 0.2) is 0 Å². The van der Waals surface area contributed by atoms with Crippen LogP contribution in [0.15, 0.2) is 24.3 Å². The summed E-state index contributed by atoms with van der Waals surface area (Å²) >= 11 is 0. The molecule has 2 heteroatoms. The molecule has 0 bridgehead atoms. The summed E-state index contributed by atoms with van der Waals surface area (Å²) in [4.78, 5) is 2.58. The van der Waals surface area contributed by atoms with E-state index in [0.29, 0.717) is 11.5 Å². The summed E-state index contributed by atoms with van der Waals surface area (Å²) in [5.74, 6) is 0. The number of aryl methyl sites for hydroxylation is 1. The molecule has 1 aromatic carbocycles. The Bertz CT molecular complexity index is 389. The first-order chi connectivity index (χ1) is 8.99. The molecule has 0 amide bonds. The molecule has 1 N–H and O–H groups in total. The highest BCUT2D eigenvalue weighted by atomic mass is 15.2. The van der Waals surface area contributed by atoms with Crippen molar-refractivity contribution in [3.8, 4) is 0 Å². The van der Waals surface area contributed by atoms with E-state index in [4.69, 9.17) is 0 Å². The van der Waals surface area contributed by atoms with Gasteiger partial charge in [-0.15, -0.1) is 0 Å². The lowest BCUT2D eigenvalue weighted by Crippen LogP contribution is -2.55. The van der Waals surface area contributed by atoms with Crippen molar-refractivity contribution in [2.45, 2.75) is 46.7 Å². The van der Waals surface area contributed by atoms with Crippen molar-refractivity contribution in [1.82, 2.24) is 10.2 Å². The van der Waals surface area contributed by atoms with E-state index in [0.717, 1.165) is 32.6 Å². The number of hydrogen-bond donors (Lipinski definition) is 1. The maximum absolute atomic E-state index is 3.65. The van der Waals surface area contributed by atoms with Crippen molar-refractivity contribution < 1.29 is 0 Å². The first kappa shape index (κ1) is 14.5. The summed E-state index contributed by atoms with van der Waals surface area (Å²) < 4.78 is 0. The second kappa shape index (κ2) is 6.06. The molecule has 106 valence electrons. The standard InChI is InChI=1S/C17H28N2/c1-5-14-6-8-15(9-7-14)12-19-11-10-18-16(13-19)17(2,3)4/h6-9,16,18H,5,10-13H2,1-4H3. The van der Waals surface area contributed by atoms with Crippen molar-refractivity contribution in [3.63, 3.8) is 0 Å².